The van der Waals surface area contributed by atoms with Crippen LogP contribution in [0.15, 0.2) is 18.2 Å². The summed E-state index contributed by atoms with van der Waals surface area (Å²) in [6, 6.07) is 5.60. The number of rotatable bonds is 5. The highest BCUT2D eigenvalue weighted by molar-refractivity contribution is 5.97. The maximum Gasteiger partial charge on any atom is 0.251 e. The molecule has 2 heterocycles. The second-order valence-corrected chi connectivity index (χ2v) is 6.33. The van der Waals surface area contributed by atoms with E-state index < -0.39 is 0 Å². The molecule has 1 saturated heterocycles. The molecule has 130 valence electrons. The van der Waals surface area contributed by atoms with Gasteiger partial charge in [-0.05, 0) is 43.1 Å². The second-order valence-electron chi connectivity index (χ2n) is 6.33. The van der Waals surface area contributed by atoms with Crippen LogP contribution in [0.5, 0.6) is 0 Å². The number of carbonyl (C=O) groups excluding carboxylic acids is 2. The average molecular weight is 331 g/mol. The van der Waals surface area contributed by atoms with E-state index in [1.54, 1.807) is 17.9 Å². The molecule has 2 aliphatic heterocycles. The SMILES string of the molecule is CC(=O)N1CCc2cc(C(=O)NCCCN3CCOCC3)ccc21. The monoisotopic (exact) mass is 331 g/mol. The lowest BCUT2D eigenvalue weighted by atomic mass is 10.1. The number of nitrogens with one attached hydrogen (secondary N) is 1. The zero-order valence-corrected chi connectivity index (χ0v) is 14.2. The molecule has 2 amide bonds. The third-order valence-electron chi connectivity index (χ3n) is 4.66. The summed E-state index contributed by atoms with van der Waals surface area (Å²) in [5.41, 5.74) is 2.68. The van der Waals surface area contributed by atoms with Gasteiger partial charge in [0.15, 0.2) is 0 Å². The van der Waals surface area contributed by atoms with E-state index in [-0.39, 0.29) is 11.8 Å². The summed E-state index contributed by atoms with van der Waals surface area (Å²) >= 11 is 0. The van der Waals surface area contributed by atoms with Crippen LogP contribution in [0.1, 0.15) is 29.3 Å². The number of anilines is 1. The Kier molecular flexibility index (Phi) is 5.48. The Morgan fingerprint density at radius 1 is 1.21 bits per heavy atom. The Bertz CT molecular complexity index is 612. The van der Waals surface area contributed by atoms with Crippen LogP contribution in [-0.2, 0) is 16.0 Å². The highest BCUT2D eigenvalue weighted by Gasteiger charge is 2.23. The number of hydrogen-bond acceptors (Lipinski definition) is 4. The normalized spacial score (nSPS) is 17.6. The summed E-state index contributed by atoms with van der Waals surface area (Å²) < 4.78 is 5.32. The Morgan fingerprint density at radius 3 is 2.75 bits per heavy atom. The molecule has 0 radical (unpaired) electrons. The summed E-state index contributed by atoms with van der Waals surface area (Å²) in [6.07, 6.45) is 1.75. The maximum absolute atomic E-state index is 12.3. The summed E-state index contributed by atoms with van der Waals surface area (Å²) in [4.78, 5) is 28.0. The minimum absolute atomic E-state index is 0.0407. The van der Waals surface area contributed by atoms with Gasteiger partial charge in [-0.15, -0.1) is 0 Å². The molecule has 0 atom stereocenters. The van der Waals surface area contributed by atoms with E-state index in [9.17, 15) is 9.59 Å². The molecular formula is C18H25N3O3. The summed E-state index contributed by atoms with van der Waals surface area (Å²) in [6.45, 7) is 7.50. The Balaban J connectivity index is 1.48. The van der Waals surface area contributed by atoms with Crippen molar-refractivity contribution in [2.75, 3.05) is 50.8 Å². The molecular weight excluding hydrogens is 306 g/mol. The van der Waals surface area contributed by atoms with Gasteiger partial charge in [0.2, 0.25) is 5.91 Å². The van der Waals surface area contributed by atoms with Gasteiger partial charge in [0.05, 0.1) is 13.2 Å². The van der Waals surface area contributed by atoms with Crippen molar-refractivity contribution in [3.05, 3.63) is 29.3 Å². The van der Waals surface area contributed by atoms with Crippen LogP contribution >= 0.6 is 0 Å². The first kappa shape index (κ1) is 16.9. The van der Waals surface area contributed by atoms with Crippen LogP contribution in [0.2, 0.25) is 0 Å². The molecule has 0 unspecified atom stereocenters. The lowest BCUT2D eigenvalue weighted by molar-refractivity contribution is -0.116. The van der Waals surface area contributed by atoms with Crippen molar-refractivity contribution in [3.8, 4) is 0 Å². The fourth-order valence-electron chi connectivity index (χ4n) is 3.30. The fraction of sp³-hybridized carbons (Fsp3) is 0.556. The van der Waals surface area contributed by atoms with Gasteiger partial charge in [0.25, 0.3) is 5.91 Å². The summed E-state index contributed by atoms with van der Waals surface area (Å²) in [5.74, 6) is 0.00937. The topological polar surface area (TPSA) is 61.9 Å². The lowest BCUT2D eigenvalue weighted by Gasteiger charge is -2.26. The molecule has 0 bridgehead atoms. The molecule has 1 aromatic rings. The lowest BCUT2D eigenvalue weighted by Crippen LogP contribution is -2.38. The van der Waals surface area contributed by atoms with E-state index in [0.717, 1.165) is 56.9 Å². The first-order chi connectivity index (χ1) is 11.6. The van der Waals surface area contributed by atoms with Crippen LogP contribution in [0.3, 0.4) is 0 Å². The number of carbonyl (C=O) groups is 2. The van der Waals surface area contributed by atoms with E-state index >= 15 is 0 Å². The van der Waals surface area contributed by atoms with Crippen LogP contribution < -0.4 is 10.2 Å². The van der Waals surface area contributed by atoms with Gasteiger partial charge in [-0.25, -0.2) is 0 Å². The Labute approximate surface area is 142 Å². The van der Waals surface area contributed by atoms with Crippen LogP contribution in [0.25, 0.3) is 0 Å². The maximum atomic E-state index is 12.3. The minimum atomic E-state index is -0.0407. The minimum Gasteiger partial charge on any atom is -0.379 e. The van der Waals surface area contributed by atoms with Gasteiger partial charge in [-0.2, -0.15) is 0 Å². The molecule has 6 nitrogen and oxygen atoms in total. The number of morpholine rings is 1. The largest absolute Gasteiger partial charge is 0.379 e. The Hall–Kier alpha value is -1.92. The number of fused-ring (bicyclic) bond motifs is 1. The molecule has 0 spiro atoms. The van der Waals surface area contributed by atoms with Gasteiger partial charge in [0.1, 0.15) is 0 Å². The predicted octanol–water partition coefficient (Wildman–Crippen LogP) is 1.05. The zero-order chi connectivity index (χ0) is 16.9. The van der Waals surface area contributed by atoms with Gasteiger partial charge in [-0.1, -0.05) is 0 Å². The molecule has 2 aliphatic rings. The molecule has 0 saturated carbocycles. The summed E-state index contributed by atoms with van der Waals surface area (Å²) in [7, 11) is 0. The van der Waals surface area contributed by atoms with E-state index in [4.69, 9.17) is 4.74 Å². The average Bonchev–Trinajstić information content (AvgIpc) is 3.03. The molecule has 0 aromatic heterocycles. The number of hydrogen-bond donors (Lipinski definition) is 1. The quantitative estimate of drug-likeness (QED) is 0.819. The molecule has 1 aromatic carbocycles. The number of ether oxygens (including phenoxy) is 1. The number of nitrogens with zero attached hydrogens (tertiary/aromatic N) is 2. The fourth-order valence-corrected chi connectivity index (χ4v) is 3.30. The van der Waals surface area contributed by atoms with Crippen molar-refractivity contribution in [1.29, 1.82) is 0 Å². The molecule has 24 heavy (non-hydrogen) atoms. The van der Waals surface area contributed by atoms with E-state index in [1.165, 1.54) is 0 Å². The third kappa shape index (κ3) is 3.94. The van der Waals surface area contributed by atoms with Gasteiger partial charge in [0, 0.05) is 44.4 Å². The van der Waals surface area contributed by atoms with Crippen molar-refractivity contribution < 1.29 is 14.3 Å². The predicted molar refractivity (Wildman–Crippen MR) is 92.4 cm³/mol. The van der Waals surface area contributed by atoms with E-state index in [2.05, 4.69) is 10.2 Å². The standard InChI is InChI=1S/C18H25N3O3/c1-14(22)21-8-5-15-13-16(3-4-17(15)21)18(23)19-6-2-7-20-9-11-24-12-10-20/h3-4,13H,2,5-12H2,1H3,(H,19,23). The smallest absolute Gasteiger partial charge is 0.251 e. The van der Waals surface area contributed by atoms with Crippen molar-refractivity contribution in [1.82, 2.24) is 10.2 Å². The highest BCUT2D eigenvalue weighted by atomic mass is 16.5. The second kappa shape index (κ2) is 7.77. The first-order valence-corrected chi connectivity index (χ1v) is 8.64. The van der Waals surface area contributed by atoms with Crippen molar-refractivity contribution >= 4 is 17.5 Å². The van der Waals surface area contributed by atoms with Crippen LogP contribution in [-0.4, -0.2) is 62.7 Å². The summed E-state index contributed by atoms with van der Waals surface area (Å²) in [5, 5.41) is 2.99. The highest BCUT2D eigenvalue weighted by Crippen LogP contribution is 2.28. The van der Waals surface area contributed by atoms with Crippen molar-refractivity contribution in [2.24, 2.45) is 0 Å². The van der Waals surface area contributed by atoms with Crippen molar-refractivity contribution in [2.45, 2.75) is 19.8 Å². The van der Waals surface area contributed by atoms with E-state index in [0.29, 0.717) is 18.7 Å². The molecule has 1 N–H and O–H groups in total. The van der Waals surface area contributed by atoms with Crippen LogP contribution in [0.4, 0.5) is 5.69 Å². The van der Waals surface area contributed by atoms with Gasteiger partial charge >= 0.3 is 0 Å². The zero-order valence-electron chi connectivity index (χ0n) is 14.2. The van der Waals surface area contributed by atoms with Gasteiger partial charge < -0.3 is 15.0 Å². The van der Waals surface area contributed by atoms with Crippen molar-refractivity contribution in [3.63, 3.8) is 0 Å². The molecule has 3 rings (SSSR count). The van der Waals surface area contributed by atoms with Gasteiger partial charge in [-0.3, -0.25) is 14.5 Å². The molecule has 0 aliphatic carbocycles. The molecule has 6 heteroatoms. The first-order valence-electron chi connectivity index (χ1n) is 8.64. The van der Waals surface area contributed by atoms with E-state index in [1.807, 2.05) is 12.1 Å². The van der Waals surface area contributed by atoms with Crippen LogP contribution in [0, 0.1) is 0 Å². The third-order valence-corrected chi connectivity index (χ3v) is 4.66. The number of amides is 2. The molecule has 1 fully saturated rings. The number of benzene rings is 1. The Morgan fingerprint density at radius 2 is 2.00 bits per heavy atom.